The number of hydrogen-bond acceptors (Lipinski definition) is 6. The Bertz CT molecular complexity index is 1220. The minimum atomic E-state index is -4.57. The summed E-state index contributed by atoms with van der Waals surface area (Å²) in [6, 6.07) is 2.58. The third kappa shape index (κ3) is 5.11. The number of carbonyl (C=O) groups is 1. The molecular formula is C20H19BrClF3N6O3. The maximum atomic E-state index is 13.6. The van der Waals surface area contributed by atoms with E-state index in [2.05, 4.69) is 41.6 Å². The second-order valence-electron chi connectivity index (χ2n) is 7.76. The molecule has 0 radical (unpaired) electrons. The summed E-state index contributed by atoms with van der Waals surface area (Å²) in [6.07, 6.45) is -2.19. The Morgan fingerprint density at radius 3 is 2.71 bits per heavy atom. The summed E-state index contributed by atoms with van der Waals surface area (Å²) < 4.78 is 45.8. The lowest BCUT2D eigenvalue weighted by molar-refractivity contribution is -0.137. The van der Waals surface area contributed by atoms with Gasteiger partial charge < -0.3 is 15.4 Å². The Hall–Kier alpha value is -2.48. The number of rotatable bonds is 3. The van der Waals surface area contributed by atoms with Gasteiger partial charge in [0.05, 0.1) is 34.1 Å². The fraction of sp³-hybridized carbons (Fsp3) is 0.400. The van der Waals surface area contributed by atoms with E-state index in [1.165, 1.54) is 6.33 Å². The summed E-state index contributed by atoms with van der Waals surface area (Å²) in [5.41, 5.74) is -1.55. The molecule has 182 valence electrons. The van der Waals surface area contributed by atoms with Crippen LogP contribution in [0.15, 0.2) is 34.1 Å². The molecule has 0 saturated carbocycles. The lowest BCUT2D eigenvalue weighted by atomic mass is 9.86. The van der Waals surface area contributed by atoms with Gasteiger partial charge in [-0.2, -0.15) is 13.2 Å². The molecule has 0 bridgehead atoms. The molecule has 3 heterocycles. The third-order valence-corrected chi connectivity index (χ3v) is 6.28. The van der Waals surface area contributed by atoms with Gasteiger partial charge in [0.1, 0.15) is 18.5 Å². The number of carbonyl (C=O) groups excluding carboxylic acids is 1. The topological polar surface area (TPSA) is 114 Å². The quantitative estimate of drug-likeness (QED) is 0.528. The molecule has 0 atom stereocenters. The molecule has 1 fully saturated rings. The van der Waals surface area contributed by atoms with Gasteiger partial charge in [-0.1, -0.05) is 11.6 Å². The molecule has 2 aliphatic rings. The van der Waals surface area contributed by atoms with Gasteiger partial charge in [0.2, 0.25) is 5.91 Å². The first-order valence-electron chi connectivity index (χ1n) is 10.2. The van der Waals surface area contributed by atoms with Crippen molar-refractivity contribution in [2.24, 2.45) is 0 Å². The Balaban J connectivity index is 1.69. The molecule has 1 spiro atoms. The van der Waals surface area contributed by atoms with Crippen molar-refractivity contribution in [3.05, 3.63) is 61.5 Å². The Morgan fingerprint density at radius 1 is 1.29 bits per heavy atom. The molecule has 0 aliphatic carbocycles. The number of halogens is 5. The molecule has 2 aromatic rings. The van der Waals surface area contributed by atoms with Crippen molar-refractivity contribution in [3.63, 3.8) is 0 Å². The van der Waals surface area contributed by atoms with Crippen LogP contribution in [0.25, 0.3) is 0 Å². The monoisotopic (exact) mass is 562 g/mol. The highest BCUT2D eigenvalue weighted by molar-refractivity contribution is 9.10. The normalized spacial score (nSPS) is 16.7. The van der Waals surface area contributed by atoms with Gasteiger partial charge in [0.15, 0.2) is 4.73 Å². The summed E-state index contributed by atoms with van der Waals surface area (Å²) >= 11 is 9.10. The van der Waals surface area contributed by atoms with E-state index in [0.29, 0.717) is 37.2 Å². The molecule has 9 nitrogen and oxygen atoms in total. The largest absolute Gasteiger partial charge is 0.416 e. The smallest absolute Gasteiger partial charge is 0.364 e. The summed E-state index contributed by atoms with van der Waals surface area (Å²) in [5, 5.41) is 8.09. The lowest BCUT2D eigenvalue weighted by Crippen LogP contribution is -2.43. The van der Waals surface area contributed by atoms with Gasteiger partial charge in [-0.25, -0.2) is 14.6 Å². The number of alkyl halides is 3. The number of hydrogen-bond donors (Lipinski definition) is 3. The molecule has 14 heteroatoms. The van der Waals surface area contributed by atoms with Crippen molar-refractivity contribution in [1.29, 1.82) is 0 Å². The van der Waals surface area contributed by atoms with Gasteiger partial charge in [-0.3, -0.25) is 14.7 Å². The highest BCUT2D eigenvalue weighted by atomic mass is 79.9. The van der Waals surface area contributed by atoms with E-state index in [9.17, 15) is 22.8 Å². The number of nitrogens with one attached hydrogen (secondary N) is 3. The number of aromatic amines is 1. The zero-order valence-corrected chi connectivity index (χ0v) is 19.9. The van der Waals surface area contributed by atoms with E-state index in [0.717, 1.165) is 22.9 Å². The summed E-state index contributed by atoms with van der Waals surface area (Å²) in [7, 11) is 0. The molecule has 34 heavy (non-hydrogen) atoms. The second kappa shape index (κ2) is 9.64. The Morgan fingerprint density at radius 2 is 2.03 bits per heavy atom. The van der Waals surface area contributed by atoms with Gasteiger partial charge in [-0.15, -0.1) is 0 Å². The van der Waals surface area contributed by atoms with Crippen LogP contribution in [-0.4, -0.2) is 38.7 Å². The number of piperidine rings is 1. The van der Waals surface area contributed by atoms with Gasteiger partial charge in [0, 0.05) is 0 Å². The first-order valence-corrected chi connectivity index (χ1v) is 11.4. The van der Waals surface area contributed by atoms with Crippen LogP contribution in [0.3, 0.4) is 0 Å². The van der Waals surface area contributed by atoms with Crippen molar-refractivity contribution in [3.8, 4) is 0 Å². The summed E-state index contributed by atoms with van der Waals surface area (Å²) in [5.74, 6) is -0.691. The molecule has 0 unspecified atom stereocenters. The van der Waals surface area contributed by atoms with E-state index in [1.807, 2.05) is 0 Å². The first-order chi connectivity index (χ1) is 16.1. The number of ether oxygens (including phenoxy) is 1. The van der Waals surface area contributed by atoms with Crippen LogP contribution in [0.5, 0.6) is 0 Å². The van der Waals surface area contributed by atoms with Crippen LogP contribution in [0.2, 0.25) is 5.02 Å². The third-order valence-electron chi connectivity index (χ3n) is 5.58. The van der Waals surface area contributed by atoms with Crippen LogP contribution in [0.4, 0.5) is 18.9 Å². The number of benzene rings is 1. The van der Waals surface area contributed by atoms with Crippen LogP contribution in [0.1, 0.15) is 29.7 Å². The average molecular weight is 564 g/mol. The van der Waals surface area contributed by atoms with Crippen molar-refractivity contribution in [2.75, 3.05) is 18.4 Å². The van der Waals surface area contributed by atoms with Crippen LogP contribution >= 0.6 is 27.5 Å². The van der Waals surface area contributed by atoms with Crippen LogP contribution in [0, 0.1) is 0 Å². The molecular weight excluding hydrogens is 545 g/mol. The van der Waals surface area contributed by atoms with E-state index >= 15 is 0 Å². The molecule has 1 saturated heterocycles. The molecule has 3 N–H and O–H groups in total. The Labute approximate surface area is 204 Å². The maximum absolute atomic E-state index is 13.6. The minimum Gasteiger partial charge on any atom is -0.364 e. The van der Waals surface area contributed by atoms with E-state index in [1.54, 1.807) is 0 Å². The molecule has 4 rings (SSSR count). The number of nitrogens with zero attached hydrogens (tertiary/aromatic N) is 3. The van der Waals surface area contributed by atoms with E-state index < -0.39 is 35.4 Å². The standard InChI is InChI=1S/C20H19BrClF3N6O3/c21-18-28-10-27-14-9-34-19(3-5-26-6-4-19)16(14)17(33)31(30-18)8-15(32)29-13-2-1-11(7-12(13)22)20(23,24)25/h1-2,7,10,26H,3-6,8-9H2,(H,29,32)(H,27,28,30). The highest BCUT2D eigenvalue weighted by Crippen LogP contribution is 2.39. The number of H-pyrrole nitrogens is 1. The van der Waals surface area contributed by atoms with Crippen LogP contribution < -0.4 is 16.2 Å². The van der Waals surface area contributed by atoms with Crippen molar-refractivity contribution in [1.82, 2.24) is 25.1 Å². The highest BCUT2D eigenvalue weighted by Gasteiger charge is 2.44. The van der Waals surface area contributed by atoms with Gasteiger partial charge in [0.25, 0.3) is 5.56 Å². The number of anilines is 1. The van der Waals surface area contributed by atoms with Crippen LogP contribution in [-0.2, 0) is 34.5 Å². The Kier molecular flexibility index (Phi) is 6.99. The predicted molar refractivity (Wildman–Crippen MR) is 120 cm³/mol. The fourth-order valence-corrected chi connectivity index (χ4v) is 4.50. The number of fused-ring (bicyclic) bond motifs is 2. The van der Waals surface area contributed by atoms with Crippen molar-refractivity contribution in [2.45, 2.75) is 37.8 Å². The van der Waals surface area contributed by atoms with E-state index in [-0.39, 0.29) is 22.1 Å². The van der Waals surface area contributed by atoms with Gasteiger partial charge >= 0.3 is 6.18 Å². The summed E-state index contributed by atoms with van der Waals surface area (Å²) in [6.45, 7) is 0.931. The van der Waals surface area contributed by atoms with Crippen molar-refractivity contribution >= 4 is 39.1 Å². The first kappa shape index (κ1) is 24.6. The number of aromatic nitrogens is 4. The molecule has 1 aromatic heterocycles. The maximum Gasteiger partial charge on any atom is 0.416 e. The molecule has 2 aliphatic heterocycles. The zero-order valence-electron chi connectivity index (χ0n) is 17.5. The van der Waals surface area contributed by atoms with Gasteiger partial charge in [-0.05, 0) is 60.1 Å². The van der Waals surface area contributed by atoms with Crippen molar-refractivity contribution < 1.29 is 22.7 Å². The zero-order chi connectivity index (χ0) is 24.5. The molecule has 1 amide bonds. The number of amides is 1. The summed E-state index contributed by atoms with van der Waals surface area (Å²) in [4.78, 5) is 34.6. The predicted octanol–water partition coefficient (Wildman–Crippen LogP) is 3.27. The fourth-order valence-electron chi connectivity index (χ4n) is 3.97. The van der Waals surface area contributed by atoms with E-state index in [4.69, 9.17) is 16.3 Å². The molecule has 1 aromatic carbocycles. The average Bonchev–Trinajstić information content (AvgIpc) is 3.12. The SMILES string of the molecule is O=C(Cn1[nH]c(Br)ncnc2c(c1=O)C1(CCNCC1)OC2)Nc1ccc(C(F)(F)F)cc1Cl. The second-order valence-corrected chi connectivity index (χ2v) is 8.92. The minimum absolute atomic E-state index is 0.0219. The lowest BCUT2D eigenvalue weighted by Gasteiger charge is -2.33.